The summed E-state index contributed by atoms with van der Waals surface area (Å²) in [6.45, 7) is 7.00. The van der Waals surface area contributed by atoms with E-state index in [4.69, 9.17) is 4.74 Å². The molecular weight excluding hydrogens is 324 g/mol. The second kappa shape index (κ2) is 7.83. The van der Waals surface area contributed by atoms with Crippen LogP contribution in [0.3, 0.4) is 0 Å². The van der Waals surface area contributed by atoms with Crippen LogP contribution in [0.1, 0.15) is 50.8 Å². The number of phenolic OH excluding ortho intramolecular Hbond substituents is 1. The minimum atomic E-state index is -0.246. The lowest BCUT2D eigenvalue weighted by Crippen LogP contribution is -2.57. The maximum absolute atomic E-state index is 10.3. The van der Waals surface area contributed by atoms with E-state index in [0.717, 1.165) is 35.4 Å². The molecule has 138 valence electrons. The summed E-state index contributed by atoms with van der Waals surface area (Å²) in [5.41, 5.74) is 2.82. The van der Waals surface area contributed by atoms with Gasteiger partial charge in [-0.05, 0) is 62.2 Å². The Kier molecular flexibility index (Phi) is 5.52. The maximum atomic E-state index is 10.3. The molecule has 3 rings (SSSR count). The van der Waals surface area contributed by atoms with E-state index in [-0.39, 0.29) is 11.7 Å². The Bertz CT molecular complexity index is 770. The van der Waals surface area contributed by atoms with Gasteiger partial charge in [-0.2, -0.15) is 0 Å². The molecule has 0 fully saturated rings. The van der Waals surface area contributed by atoms with Crippen molar-refractivity contribution in [3.8, 4) is 11.5 Å². The van der Waals surface area contributed by atoms with Crippen LogP contribution in [0.2, 0.25) is 0 Å². The lowest BCUT2D eigenvalue weighted by atomic mass is 9.94. The van der Waals surface area contributed by atoms with Crippen molar-refractivity contribution >= 4 is 5.70 Å². The molecule has 1 aliphatic heterocycles. The van der Waals surface area contributed by atoms with Crippen molar-refractivity contribution in [3.05, 3.63) is 65.7 Å². The SMILES string of the molecule is CCCC1(C)NC(c2ccc(OCC)cc2)=CC(c2ccccc2O)N1. The third-order valence-corrected chi connectivity index (χ3v) is 4.72. The van der Waals surface area contributed by atoms with E-state index in [9.17, 15) is 5.11 Å². The zero-order valence-electron chi connectivity index (χ0n) is 15.8. The lowest BCUT2D eigenvalue weighted by molar-refractivity contribution is 0.264. The minimum absolute atomic E-state index is 0.0597. The van der Waals surface area contributed by atoms with Gasteiger partial charge in [0.1, 0.15) is 11.5 Å². The van der Waals surface area contributed by atoms with Gasteiger partial charge in [0.05, 0.1) is 18.3 Å². The molecule has 2 atom stereocenters. The number of benzene rings is 2. The fourth-order valence-corrected chi connectivity index (χ4v) is 3.55. The Hall–Kier alpha value is -2.46. The highest BCUT2D eigenvalue weighted by Gasteiger charge is 2.32. The van der Waals surface area contributed by atoms with Crippen LogP contribution in [-0.2, 0) is 0 Å². The normalized spacial score (nSPS) is 22.4. The predicted octanol–water partition coefficient (Wildman–Crippen LogP) is 4.58. The summed E-state index contributed by atoms with van der Waals surface area (Å²) in [6.07, 6.45) is 4.17. The average molecular weight is 352 g/mol. The number of nitrogens with one attached hydrogen (secondary N) is 2. The van der Waals surface area contributed by atoms with Crippen LogP contribution in [0.5, 0.6) is 11.5 Å². The van der Waals surface area contributed by atoms with E-state index in [1.54, 1.807) is 6.07 Å². The molecule has 0 aliphatic carbocycles. The number of para-hydroxylation sites is 1. The summed E-state index contributed by atoms with van der Waals surface area (Å²) in [5.74, 6) is 1.19. The van der Waals surface area contributed by atoms with E-state index in [2.05, 4.69) is 42.7 Å². The first-order valence-electron chi connectivity index (χ1n) is 9.33. The molecule has 0 saturated carbocycles. The standard InChI is InChI=1S/C22H28N2O2/c1-4-14-22(3)23-19(16-10-12-17(13-11-16)26-5-2)15-20(24-22)18-8-6-7-9-21(18)25/h6-13,15,20,23-25H,4-5,14H2,1-3H3. The Labute approximate surface area is 155 Å². The summed E-state index contributed by atoms with van der Waals surface area (Å²) in [7, 11) is 0. The van der Waals surface area contributed by atoms with Gasteiger partial charge in [-0.25, -0.2) is 0 Å². The zero-order chi connectivity index (χ0) is 18.6. The largest absolute Gasteiger partial charge is 0.508 e. The lowest BCUT2D eigenvalue weighted by Gasteiger charge is -2.41. The van der Waals surface area contributed by atoms with Crippen LogP contribution in [0.25, 0.3) is 5.70 Å². The van der Waals surface area contributed by atoms with E-state index >= 15 is 0 Å². The third-order valence-electron chi connectivity index (χ3n) is 4.72. The van der Waals surface area contributed by atoms with Crippen molar-refractivity contribution in [1.82, 2.24) is 10.6 Å². The number of rotatable bonds is 6. The fraction of sp³-hybridized carbons (Fsp3) is 0.364. The van der Waals surface area contributed by atoms with E-state index in [1.807, 2.05) is 37.3 Å². The van der Waals surface area contributed by atoms with Gasteiger partial charge in [0.15, 0.2) is 0 Å². The van der Waals surface area contributed by atoms with E-state index < -0.39 is 0 Å². The topological polar surface area (TPSA) is 53.5 Å². The summed E-state index contributed by atoms with van der Waals surface area (Å²) >= 11 is 0. The van der Waals surface area contributed by atoms with Gasteiger partial charge >= 0.3 is 0 Å². The molecule has 4 heteroatoms. The van der Waals surface area contributed by atoms with E-state index in [1.165, 1.54) is 0 Å². The highest BCUT2D eigenvalue weighted by atomic mass is 16.5. The highest BCUT2D eigenvalue weighted by Crippen LogP contribution is 2.33. The molecule has 2 aromatic carbocycles. The quantitative estimate of drug-likeness (QED) is 0.712. The monoisotopic (exact) mass is 352 g/mol. The third kappa shape index (κ3) is 4.02. The second-order valence-corrected chi connectivity index (χ2v) is 6.93. The molecule has 0 aromatic heterocycles. The molecule has 0 saturated heterocycles. The second-order valence-electron chi connectivity index (χ2n) is 6.93. The predicted molar refractivity (Wildman–Crippen MR) is 106 cm³/mol. The van der Waals surface area contributed by atoms with Gasteiger partial charge in [0, 0.05) is 11.3 Å². The van der Waals surface area contributed by atoms with Gasteiger partial charge in [0.2, 0.25) is 0 Å². The van der Waals surface area contributed by atoms with Crippen LogP contribution in [0.4, 0.5) is 0 Å². The Morgan fingerprint density at radius 3 is 2.46 bits per heavy atom. The Morgan fingerprint density at radius 2 is 1.81 bits per heavy atom. The first-order valence-corrected chi connectivity index (χ1v) is 9.33. The summed E-state index contributed by atoms with van der Waals surface area (Å²) in [6, 6.07) is 15.6. The fourth-order valence-electron chi connectivity index (χ4n) is 3.55. The number of ether oxygens (including phenoxy) is 1. The van der Waals surface area contributed by atoms with E-state index in [0.29, 0.717) is 12.4 Å². The first-order chi connectivity index (χ1) is 12.5. The van der Waals surface area contributed by atoms with Crippen molar-refractivity contribution in [2.24, 2.45) is 0 Å². The Morgan fingerprint density at radius 1 is 1.08 bits per heavy atom. The average Bonchev–Trinajstić information content (AvgIpc) is 2.62. The molecular formula is C22H28N2O2. The molecule has 2 unspecified atom stereocenters. The van der Waals surface area contributed by atoms with Crippen LogP contribution in [0, 0.1) is 0 Å². The van der Waals surface area contributed by atoms with Crippen molar-refractivity contribution in [2.45, 2.75) is 45.3 Å². The van der Waals surface area contributed by atoms with Crippen LogP contribution >= 0.6 is 0 Å². The van der Waals surface area contributed by atoms with Crippen molar-refractivity contribution < 1.29 is 9.84 Å². The van der Waals surface area contributed by atoms with Crippen molar-refractivity contribution in [3.63, 3.8) is 0 Å². The molecule has 0 spiro atoms. The smallest absolute Gasteiger partial charge is 0.120 e. The molecule has 0 amide bonds. The van der Waals surface area contributed by atoms with Crippen LogP contribution in [-0.4, -0.2) is 17.4 Å². The Balaban J connectivity index is 1.97. The number of aromatic hydroxyl groups is 1. The molecule has 2 aromatic rings. The molecule has 3 N–H and O–H groups in total. The van der Waals surface area contributed by atoms with Crippen molar-refractivity contribution in [1.29, 1.82) is 0 Å². The first kappa shape index (κ1) is 18.3. The summed E-state index contributed by atoms with van der Waals surface area (Å²) in [5, 5.41) is 17.6. The molecule has 0 radical (unpaired) electrons. The summed E-state index contributed by atoms with van der Waals surface area (Å²) in [4.78, 5) is 0. The molecule has 1 heterocycles. The number of hydrogen-bond acceptors (Lipinski definition) is 4. The highest BCUT2D eigenvalue weighted by molar-refractivity contribution is 5.67. The van der Waals surface area contributed by atoms with Crippen LogP contribution < -0.4 is 15.4 Å². The number of phenols is 1. The zero-order valence-corrected chi connectivity index (χ0v) is 15.8. The molecule has 26 heavy (non-hydrogen) atoms. The van der Waals surface area contributed by atoms with Gasteiger partial charge < -0.3 is 15.2 Å². The van der Waals surface area contributed by atoms with Gasteiger partial charge in [-0.15, -0.1) is 0 Å². The minimum Gasteiger partial charge on any atom is -0.508 e. The molecule has 0 bridgehead atoms. The maximum Gasteiger partial charge on any atom is 0.120 e. The van der Waals surface area contributed by atoms with Gasteiger partial charge in [0.25, 0.3) is 0 Å². The van der Waals surface area contributed by atoms with Gasteiger partial charge in [-0.1, -0.05) is 31.5 Å². The van der Waals surface area contributed by atoms with Crippen LogP contribution in [0.15, 0.2) is 54.6 Å². The molecule has 4 nitrogen and oxygen atoms in total. The molecule has 1 aliphatic rings. The summed E-state index contributed by atoms with van der Waals surface area (Å²) < 4.78 is 5.55. The van der Waals surface area contributed by atoms with Crippen molar-refractivity contribution in [2.75, 3.05) is 6.61 Å². The van der Waals surface area contributed by atoms with Gasteiger partial charge in [-0.3, -0.25) is 5.32 Å². The number of hydrogen-bond donors (Lipinski definition) is 3.